The fourth-order valence-electron chi connectivity index (χ4n) is 4.21. The molecule has 0 saturated carbocycles. The molecular formula is C21H28N2O2. The molecule has 134 valence electrons. The van der Waals surface area contributed by atoms with Crippen molar-refractivity contribution >= 4 is 10.9 Å². The van der Waals surface area contributed by atoms with Crippen LogP contribution in [0, 0.1) is 17.8 Å². The molecule has 0 aliphatic carbocycles. The molecule has 2 N–H and O–H groups in total. The fraction of sp³-hybridized carbons (Fsp3) is 0.476. The highest BCUT2D eigenvalue weighted by atomic mass is 16.5. The van der Waals surface area contributed by atoms with Crippen LogP contribution < -0.4 is 10.1 Å². The molecule has 4 atom stereocenters. The molecule has 0 spiro atoms. The summed E-state index contributed by atoms with van der Waals surface area (Å²) in [5, 5.41) is 15.7. The van der Waals surface area contributed by atoms with Gasteiger partial charge in [0.2, 0.25) is 0 Å². The second-order valence-corrected chi connectivity index (χ2v) is 6.86. The molecule has 3 rings (SSSR count). The van der Waals surface area contributed by atoms with Gasteiger partial charge in [-0.15, -0.1) is 6.58 Å². The van der Waals surface area contributed by atoms with Crippen LogP contribution in [0.4, 0.5) is 0 Å². The minimum absolute atomic E-state index is 0.196. The Morgan fingerprint density at radius 3 is 3.00 bits per heavy atom. The number of aromatic nitrogens is 1. The maximum absolute atomic E-state index is 11.3. The van der Waals surface area contributed by atoms with Crippen LogP contribution in [0.25, 0.3) is 10.9 Å². The number of benzene rings is 1. The maximum Gasteiger partial charge on any atom is 0.119 e. The summed E-state index contributed by atoms with van der Waals surface area (Å²) < 4.78 is 5.36. The average Bonchev–Trinajstić information content (AvgIpc) is 2.67. The zero-order valence-corrected chi connectivity index (χ0v) is 15.1. The van der Waals surface area contributed by atoms with Crippen LogP contribution in [0.5, 0.6) is 5.75 Å². The van der Waals surface area contributed by atoms with E-state index in [4.69, 9.17) is 4.74 Å². The van der Waals surface area contributed by atoms with Gasteiger partial charge in [0.1, 0.15) is 5.75 Å². The lowest BCUT2D eigenvalue weighted by Crippen LogP contribution is -2.40. The molecule has 2 heterocycles. The highest BCUT2D eigenvalue weighted by molar-refractivity contribution is 5.83. The van der Waals surface area contributed by atoms with Gasteiger partial charge < -0.3 is 15.2 Å². The highest BCUT2D eigenvalue weighted by Crippen LogP contribution is 2.40. The van der Waals surface area contributed by atoms with Crippen LogP contribution in [-0.4, -0.2) is 30.3 Å². The number of fused-ring (bicyclic) bond motifs is 1. The molecule has 1 aromatic carbocycles. The first kappa shape index (κ1) is 17.9. The van der Waals surface area contributed by atoms with E-state index in [-0.39, 0.29) is 5.92 Å². The summed E-state index contributed by atoms with van der Waals surface area (Å²) in [5.41, 5.74) is 1.83. The molecule has 0 radical (unpaired) electrons. The number of ether oxygens (including phenoxy) is 1. The number of piperidine rings is 1. The number of nitrogens with zero attached hydrogens (tertiary/aromatic N) is 1. The van der Waals surface area contributed by atoms with Crippen LogP contribution >= 0.6 is 0 Å². The number of hydrogen-bond donors (Lipinski definition) is 2. The van der Waals surface area contributed by atoms with Crippen LogP contribution in [0.1, 0.15) is 31.4 Å². The summed E-state index contributed by atoms with van der Waals surface area (Å²) in [6, 6.07) is 7.77. The van der Waals surface area contributed by atoms with E-state index in [1.54, 1.807) is 13.3 Å². The van der Waals surface area contributed by atoms with Gasteiger partial charge in [0.05, 0.1) is 18.7 Å². The molecule has 2 aromatic rings. The Kier molecular flexibility index (Phi) is 5.71. The first-order valence-corrected chi connectivity index (χ1v) is 9.13. The summed E-state index contributed by atoms with van der Waals surface area (Å²) in [6.07, 6.45) is 5.31. The van der Waals surface area contributed by atoms with Gasteiger partial charge in [-0.2, -0.15) is 0 Å². The summed E-state index contributed by atoms with van der Waals surface area (Å²) in [4.78, 5) is 4.44. The minimum Gasteiger partial charge on any atom is -0.497 e. The van der Waals surface area contributed by atoms with E-state index < -0.39 is 6.10 Å². The van der Waals surface area contributed by atoms with Crippen molar-refractivity contribution in [2.75, 3.05) is 20.2 Å². The highest BCUT2D eigenvalue weighted by Gasteiger charge is 2.34. The third kappa shape index (κ3) is 3.55. The SMILES string of the molecule is C=CC1CNCCC1C(CC)[C@H](O)c1ccnc2ccc(OC)cc12. The molecule has 3 unspecified atom stereocenters. The van der Waals surface area contributed by atoms with Gasteiger partial charge in [-0.05, 0) is 60.5 Å². The fourth-order valence-corrected chi connectivity index (χ4v) is 4.21. The van der Waals surface area contributed by atoms with Crippen molar-refractivity contribution in [2.24, 2.45) is 17.8 Å². The van der Waals surface area contributed by atoms with E-state index in [1.807, 2.05) is 30.3 Å². The van der Waals surface area contributed by atoms with Crippen LogP contribution in [0.2, 0.25) is 0 Å². The predicted molar refractivity (Wildman–Crippen MR) is 102 cm³/mol. The standard InChI is InChI=1S/C21H28N2O2/c1-4-14-13-22-10-8-17(14)16(5-2)21(24)18-9-11-23-20-7-6-15(25-3)12-19(18)20/h4,6-7,9,11-12,14,16-17,21-22,24H,1,5,8,10,13H2,2-3H3/t14?,16?,17?,21-/m0/s1. The molecule has 1 aromatic heterocycles. The van der Waals surface area contributed by atoms with Crippen molar-refractivity contribution in [3.8, 4) is 5.75 Å². The van der Waals surface area contributed by atoms with Crippen molar-refractivity contribution in [1.29, 1.82) is 0 Å². The number of methoxy groups -OCH3 is 1. The Balaban J connectivity index is 1.99. The molecule has 1 fully saturated rings. The molecule has 0 amide bonds. The second kappa shape index (κ2) is 7.98. The van der Waals surface area contributed by atoms with E-state index in [0.29, 0.717) is 11.8 Å². The van der Waals surface area contributed by atoms with Crippen LogP contribution in [-0.2, 0) is 0 Å². The van der Waals surface area contributed by atoms with E-state index >= 15 is 0 Å². The Morgan fingerprint density at radius 1 is 1.44 bits per heavy atom. The Morgan fingerprint density at radius 2 is 2.28 bits per heavy atom. The number of aliphatic hydroxyl groups excluding tert-OH is 1. The number of rotatable bonds is 6. The van der Waals surface area contributed by atoms with Crippen molar-refractivity contribution in [2.45, 2.75) is 25.9 Å². The van der Waals surface area contributed by atoms with E-state index in [2.05, 4.69) is 23.8 Å². The van der Waals surface area contributed by atoms with Crippen molar-refractivity contribution in [3.05, 3.63) is 48.7 Å². The first-order chi connectivity index (χ1) is 12.2. The predicted octanol–water partition coefficient (Wildman–Crippen LogP) is 3.71. The topological polar surface area (TPSA) is 54.4 Å². The van der Waals surface area contributed by atoms with Gasteiger partial charge in [0.15, 0.2) is 0 Å². The lowest BCUT2D eigenvalue weighted by Gasteiger charge is -2.38. The summed E-state index contributed by atoms with van der Waals surface area (Å²) in [6.45, 7) is 8.12. The van der Waals surface area contributed by atoms with E-state index in [0.717, 1.165) is 48.1 Å². The zero-order chi connectivity index (χ0) is 17.8. The van der Waals surface area contributed by atoms with Gasteiger partial charge in [-0.3, -0.25) is 4.98 Å². The average molecular weight is 340 g/mol. The van der Waals surface area contributed by atoms with E-state index in [9.17, 15) is 5.11 Å². The first-order valence-electron chi connectivity index (χ1n) is 9.13. The smallest absolute Gasteiger partial charge is 0.119 e. The molecule has 25 heavy (non-hydrogen) atoms. The number of nitrogens with one attached hydrogen (secondary N) is 1. The monoisotopic (exact) mass is 340 g/mol. The number of hydrogen-bond acceptors (Lipinski definition) is 4. The van der Waals surface area contributed by atoms with Gasteiger partial charge in [-0.1, -0.05) is 19.4 Å². The maximum atomic E-state index is 11.3. The molecule has 4 nitrogen and oxygen atoms in total. The molecule has 1 aliphatic rings. The molecule has 1 saturated heterocycles. The van der Waals surface area contributed by atoms with Crippen molar-refractivity contribution in [1.82, 2.24) is 10.3 Å². The van der Waals surface area contributed by atoms with Crippen LogP contribution in [0.3, 0.4) is 0 Å². The third-order valence-corrected chi connectivity index (χ3v) is 5.62. The quantitative estimate of drug-likeness (QED) is 0.787. The Hall–Kier alpha value is -1.91. The normalized spacial score (nSPS) is 23.2. The van der Waals surface area contributed by atoms with Gasteiger partial charge in [-0.25, -0.2) is 0 Å². The summed E-state index contributed by atoms with van der Waals surface area (Å²) in [7, 11) is 1.66. The number of pyridine rings is 1. The lowest BCUT2D eigenvalue weighted by molar-refractivity contribution is 0.0447. The lowest BCUT2D eigenvalue weighted by atomic mass is 9.72. The van der Waals surface area contributed by atoms with Crippen LogP contribution in [0.15, 0.2) is 43.1 Å². The third-order valence-electron chi connectivity index (χ3n) is 5.62. The molecular weight excluding hydrogens is 312 g/mol. The second-order valence-electron chi connectivity index (χ2n) is 6.86. The molecule has 1 aliphatic heterocycles. The largest absolute Gasteiger partial charge is 0.497 e. The van der Waals surface area contributed by atoms with E-state index in [1.165, 1.54) is 0 Å². The van der Waals surface area contributed by atoms with Crippen molar-refractivity contribution in [3.63, 3.8) is 0 Å². The minimum atomic E-state index is -0.520. The zero-order valence-electron chi connectivity index (χ0n) is 15.1. The number of aliphatic hydroxyl groups is 1. The van der Waals surface area contributed by atoms with Gasteiger partial charge in [0, 0.05) is 18.1 Å². The van der Waals surface area contributed by atoms with Gasteiger partial charge >= 0.3 is 0 Å². The summed E-state index contributed by atoms with van der Waals surface area (Å²) in [5.74, 6) is 1.82. The van der Waals surface area contributed by atoms with Crippen molar-refractivity contribution < 1.29 is 9.84 Å². The van der Waals surface area contributed by atoms with Gasteiger partial charge in [0.25, 0.3) is 0 Å². The molecule has 0 bridgehead atoms. The Bertz CT molecular complexity index is 731. The summed E-state index contributed by atoms with van der Waals surface area (Å²) >= 11 is 0. The molecule has 4 heteroatoms. The Labute approximate surface area is 149 Å².